The molecule has 2 aromatic rings. The Labute approximate surface area is 160 Å². The van der Waals surface area contributed by atoms with E-state index in [0.29, 0.717) is 11.5 Å². The van der Waals surface area contributed by atoms with Crippen LogP contribution in [-0.2, 0) is 0 Å². The first-order valence-corrected chi connectivity index (χ1v) is 9.72. The highest BCUT2D eigenvalue weighted by atomic mass is 16.2. The largest absolute Gasteiger partial charge is 0.367 e. The maximum Gasteiger partial charge on any atom is 0.255 e. The lowest BCUT2D eigenvalue weighted by Gasteiger charge is -2.36. The van der Waals surface area contributed by atoms with E-state index in [1.807, 2.05) is 23.2 Å². The number of piperazine rings is 1. The smallest absolute Gasteiger partial charge is 0.255 e. The van der Waals surface area contributed by atoms with Gasteiger partial charge in [0.05, 0.1) is 17.4 Å². The van der Waals surface area contributed by atoms with Gasteiger partial charge in [-0.1, -0.05) is 6.92 Å². The molecule has 2 saturated heterocycles. The summed E-state index contributed by atoms with van der Waals surface area (Å²) in [6, 6.07) is 3.82. The van der Waals surface area contributed by atoms with Crippen LogP contribution in [0, 0.1) is 5.92 Å². The van der Waals surface area contributed by atoms with Gasteiger partial charge < -0.3 is 14.7 Å². The number of rotatable bonds is 3. The lowest BCUT2D eigenvalue weighted by atomic mass is 9.99. The van der Waals surface area contributed by atoms with Gasteiger partial charge in [-0.25, -0.2) is 9.97 Å². The number of amides is 1. The van der Waals surface area contributed by atoms with Gasteiger partial charge >= 0.3 is 0 Å². The van der Waals surface area contributed by atoms with Crippen LogP contribution in [0.5, 0.6) is 0 Å². The fourth-order valence-electron chi connectivity index (χ4n) is 3.73. The van der Waals surface area contributed by atoms with Crippen LogP contribution in [0.25, 0.3) is 0 Å². The van der Waals surface area contributed by atoms with Crippen LogP contribution in [0.2, 0.25) is 0 Å². The molecule has 0 aliphatic carbocycles. The van der Waals surface area contributed by atoms with Gasteiger partial charge in [0.25, 0.3) is 5.91 Å². The molecule has 0 unspecified atom stereocenters. The van der Waals surface area contributed by atoms with Crippen molar-refractivity contribution in [2.24, 2.45) is 5.92 Å². The Bertz CT molecular complexity index is 767. The van der Waals surface area contributed by atoms with Crippen LogP contribution in [-0.4, -0.2) is 65.0 Å². The number of hydrogen-bond acceptors (Lipinski definition) is 6. The lowest BCUT2D eigenvalue weighted by molar-refractivity contribution is 0.0697. The Morgan fingerprint density at radius 2 is 1.63 bits per heavy atom. The van der Waals surface area contributed by atoms with Crippen molar-refractivity contribution in [2.45, 2.75) is 19.8 Å². The van der Waals surface area contributed by atoms with E-state index in [4.69, 9.17) is 0 Å². The fourth-order valence-corrected chi connectivity index (χ4v) is 3.73. The SMILES string of the molecule is CC1CCN(C(=O)c2cncc(N3CCN(c4ncccn4)CC3)c2)CC1. The monoisotopic (exact) mass is 366 g/mol. The number of hydrogen-bond donors (Lipinski definition) is 0. The summed E-state index contributed by atoms with van der Waals surface area (Å²) < 4.78 is 0. The average Bonchev–Trinajstić information content (AvgIpc) is 2.75. The van der Waals surface area contributed by atoms with Gasteiger partial charge in [0.15, 0.2) is 0 Å². The third-order valence-corrected chi connectivity index (χ3v) is 5.52. The predicted molar refractivity (Wildman–Crippen MR) is 105 cm³/mol. The first-order chi connectivity index (χ1) is 13.2. The number of likely N-dealkylation sites (tertiary alicyclic amines) is 1. The van der Waals surface area contributed by atoms with Gasteiger partial charge in [-0.3, -0.25) is 9.78 Å². The lowest BCUT2D eigenvalue weighted by Crippen LogP contribution is -2.47. The highest BCUT2D eigenvalue weighted by Gasteiger charge is 2.23. The van der Waals surface area contributed by atoms with Gasteiger partial charge in [0, 0.05) is 57.9 Å². The molecule has 27 heavy (non-hydrogen) atoms. The van der Waals surface area contributed by atoms with Gasteiger partial charge in [0.2, 0.25) is 5.95 Å². The van der Waals surface area contributed by atoms with E-state index < -0.39 is 0 Å². The quantitative estimate of drug-likeness (QED) is 0.829. The second-order valence-corrected chi connectivity index (χ2v) is 7.43. The summed E-state index contributed by atoms with van der Waals surface area (Å²) in [5.41, 5.74) is 1.70. The van der Waals surface area contributed by atoms with Gasteiger partial charge in [-0.15, -0.1) is 0 Å². The molecule has 4 heterocycles. The second kappa shape index (κ2) is 7.90. The van der Waals surface area contributed by atoms with Crippen LogP contribution >= 0.6 is 0 Å². The van der Waals surface area contributed by atoms with Crippen molar-refractivity contribution in [3.05, 3.63) is 42.5 Å². The molecule has 0 atom stereocenters. The van der Waals surface area contributed by atoms with Crippen molar-refractivity contribution in [1.29, 1.82) is 0 Å². The van der Waals surface area contributed by atoms with E-state index in [-0.39, 0.29) is 5.91 Å². The maximum atomic E-state index is 12.8. The van der Waals surface area contributed by atoms with Gasteiger partial charge in [-0.2, -0.15) is 0 Å². The highest BCUT2D eigenvalue weighted by Crippen LogP contribution is 2.21. The Morgan fingerprint density at radius 1 is 0.963 bits per heavy atom. The molecule has 0 saturated carbocycles. The van der Waals surface area contributed by atoms with E-state index in [2.05, 4.69) is 31.7 Å². The van der Waals surface area contributed by atoms with Crippen LogP contribution in [0.4, 0.5) is 11.6 Å². The summed E-state index contributed by atoms with van der Waals surface area (Å²) in [5.74, 6) is 1.59. The molecular formula is C20H26N6O. The first-order valence-electron chi connectivity index (χ1n) is 9.72. The van der Waals surface area contributed by atoms with Crippen molar-refractivity contribution in [3.8, 4) is 0 Å². The van der Waals surface area contributed by atoms with Crippen molar-refractivity contribution in [2.75, 3.05) is 49.1 Å². The summed E-state index contributed by atoms with van der Waals surface area (Å²) in [5, 5.41) is 0. The maximum absolute atomic E-state index is 12.8. The molecule has 2 aliphatic rings. The molecule has 2 aromatic heterocycles. The Morgan fingerprint density at radius 3 is 2.33 bits per heavy atom. The molecule has 4 rings (SSSR count). The molecule has 7 heteroatoms. The number of piperidine rings is 1. The summed E-state index contributed by atoms with van der Waals surface area (Å²) in [6.45, 7) is 7.38. The molecule has 0 aromatic carbocycles. The second-order valence-electron chi connectivity index (χ2n) is 7.43. The van der Waals surface area contributed by atoms with E-state index in [9.17, 15) is 4.79 Å². The van der Waals surface area contributed by atoms with E-state index in [1.54, 1.807) is 18.6 Å². The van der Waals surface area contributed by atoms with Crippen molar-refractivity contribution >= 4 is 17.5 Å². The molecule has 2 fully saturated rings. The van der Waals surface area contributed by atoms with Gasteiger partial charge in [-0.05, 0) is 30.9 Å². The van der Waals surface area contributed by atoms with E-state index >= 15 is 0 Å². The molecule has 0 N–H and O–H groups in total. The van der Waals surface area contributed by atoms with Crippen molar-refractivity contribution < 1.29 is 4.79 Å². The molecule has 0 spiro atoms. The van der Waals surface area contributed by atoms with Crippen molar-refractivity contribution in [3.63, 3.8) is 0 Å². The zero-order valence-electron chi connectivity index (χ0n) is 15.8. The minimum atomic E-state index is 0.104. The number of carbonyl (C=O) groups is 1. The first kappa shape index (κ1) is 17.7. The summed E-state index contributed by atoms with van der Waals surface area (Å²) >= 11 is 0. The Hall–Kier alpha value is -2.70. The minimum Gasteiger partial charge on any atom is -0.367 e. The van der Waals surface area contributed by atoms with E-state index in [1.165, 1.54) is 0 Å². The molecule has 0 radical (unpaired) electrons. The zero-order chi connectivity index (χ0) is 18.6. The topological polar surface area (TPSA) is 65.5 Å². The van der Waals surface area contributed by atoms with Crippen LogP contribution in [0.15, 0.2) is 36.9 Å². The summed E-state index contributed by atoms with van der Waals surface area (Å²) in [6.07, 6.45) is 9.26. The number of pyridine rings is 1. The third kappa shape index (κ3) is 4.02. The number of aromatic nitrogens is 3. The zero-order valence-corrected chi connectivity index (χ0v) is 15.8. The van der Waals surface area contributed by atoms with Crippen molar-refractivity contribution in [1.82, 2.24) is 19.9 Å². The molecule has 142 valence electrons. The third-order valence-electron chi connectivity index (χ3n) is 5.52. The molecule has 7 nitrogen and oxygen atoms in total. The molecule has 1 amide bonds. The number of carbonyl (C=O) groups excluding carboxylic acids is 1. The van der Waals surface area contributed by atoms with Crippen LogP contribution < -0.4 is 9.80 Å². The molecular weight excluding hydrogens is 340 g/mol. The van der Waals surface area contributed by atoms with Crippen LogP contribution in [0.1, 0.15) is 30.1 Å². The van der Waals surface area contributed by atoms with Gasteiger partial charge in [0.1, 0.15) is 0 Å². The molecule has 2 aliphatic heterocycles. The summed E-state index contributed by atoms with van der Waals surface area (Å²) in [7, 11) is 0. The summed E-state index contributed by atoms with van der Waals surface area (Å²) in [4.78, 5) is 32.2. The van der Waals surface area contributed by atoms with Crippen LogP contribution in [0.3, 0.4) is 0 Å². The number of nitrogens with zero attached hydrogens (tertiary/aromatic N) is 6. The number of anilines is 2. The molecule has 0 bridgehead atoms. The average molecular weight is 366 g/mol. The Kier molecular flexibility index (Phi) is 5.18. The standard InChI is InChI=1S/C20H26N6O/c1-16-3-7-25(8-4-16)19(27)17-13-18(15-21-14-17)24-9-11-26(12-10-24)20-22-5-2-6-23-20/h2,5-6,13-16H,3-4,7-12H2,1H3. The predicted octanol–water partition coefficient (Wildman–Crippen LogP) is 2.07. The highest BCUT2D eigenvalue weighted by molar-refractivity contribution is 5.94. The van der Waals surface area contributed by atoms with E-state index in [0.717, 1.165) is 63.7 Å². The normalized spacial score (nSPS) is 18.6. The fraction of sp³-hybridized carbons (Fsp3) is 0.500. The minimum absolute atomic E-state index is 0.104. The Balaban J connectivity index is 1.40.